The van der Waals surface area contributed by atoms with E-state index in [9.17, 15) is 0 Å². The molecule has 0 spiro atoms. The van der Waals surface area contributed by atoms with Gasteiger partial charge >= 0.3 is 0 Å². The standard InChI is InChI=1S/C14H20BrN3S/c15-13-8-7-12(19-13)11-9-17-14(16)18(11)10-5-3-1-2-4-6-10/h7-8,10-11H,1-6,9H2,(H2,16,17). The Kier molecular flexibility index (Phi) is 4.12. The molecule has 1 atom stereocenters. The minimum absolute atomic E-state index is 0.361. The summed E-state index contributed by atoms with van der Waals surface area (Å²) in [5.74, 6) is 0.751. The Morgan fingerprint density at radius 1 is 1.21 bits per heavy atom. The predicted molar refractivity (Wildman–Crippen MR) is 84.6 cm³/mol. The third-order valence-corrected chi connectivity index (χ3v) is 5.89. The monoisotopic (exact) mass is 341 g/mol. The van der Waals surface area contributed by atoms with Crippen LogP contribution in [0.25, 0.3) is 0 Å². The zero-order chi connectivity index (χ0) is 13.2. The number of thiophene rings is 1. The van der Waals surface area contributed by atoms with Crippen LogP contribution in [0.5, 0.6) is 0 Å². The summed E-state index contributed by atoms with van der Waals surface area (Å²) in [7, 11) is 0. The number of hydrogen-bond acceptors (Lipinski definition) is 4. The smallest absolute Gasteiger partial charge is 0.192 e. The van der Waals surface area contributed by atoms with Crippen molar-refractivity contribution in [2.75, 3.05) is 6.54 Å². The van der Waals surface area contributed by atoms with Crippen LogP contribution in [0.1, 0.15) is 49.4 Å². The van der Waals surface area contributed by atoms with Crippen LogP contribution in [0.3, 0.4) is 0 Å². The zero-order valence-electron chi connectivity index (χ0n) is 11.0. The van der Waals surface area contributed by atoms with Gasteiger partial charge in [-0.1, -0.05) is 25.7 Å². The molecular formula is C14H20BrN3S. The van der Waals surface area contributed by atoms with E-state index in [1.54, 1.807) is 11.3 Å². The molecule has 3 rings (SSSR count). The molecule has 19 heavy (non-hydrogen) atoms. The molecule has 0 amide bonds. The molecule has 1 saturated carbocycles. The zero-order valence-corrected chi connectivity index (χ0v) is 13.4. The number of aliphatic imine (C=N–C) groups is 1. The van der Waals surface area contributed by atoms with Gasteiger partial charge in [-0.3, -0.25) is 4.99 Å². The SMILES string of the molecule is NC1=NCC(c2ccc(Br)s2)N1C1CCCCCC1. The normalized spacial score (nSPS) is 25.4. The lowest BCUT2D eigenvalue weighted by Gasteiger charge is -2.33. The maximum Gasteiger partial charge on any atom is 0.192 e. The summed E-state index contributed by atoms with van der Waals surface area (Å²) in [6, 6.07) is 5.27. The fourth-order valence-corrected chi connectivity index (χ4v) is 4.74. The van der Waals surface area contributed by atoms with Gasteiger partial charge in [-0.2, -0.15) is 0 Å². The van der Waals surface area contributed by atoms with Crippen molar-refractivity contribution >= 4 is 33.2 Å². The lowest BCUT2D eigenvalue weighted by Crippen LogP contribution is -2.43. The highest BCUT2D eigenvalue weighted by Crippen LogP contribution is 2.36. The molecule has 3 nitrogen and oxygen atoms in total. The van der Waals surface area contributed by atoms with Gasteiger partial charge in [0, 0.05) is 10.9 Å². The summed E-state index contributed by atoms with van der Waals surface area (Å²) in [5, 5.41) is 0. The van der Waals surface area contributed by atoms with Crippen LogP contribution in [0, 0.1) is 0 Å². The molecular weight excluding hydrogens is 322 g/mol. The average molecular weight is 342 g/mol. The Hall–Kier alpha value is -0.550. The summed E-state index contributed by atoms with van der Waals surface area (Å²) in [6.45, 7) is 0.815. The van der Waals surface area contributed by atoms with Gasteiger partial charge in [0.2, 0.25) is 0 Å². The van der Waals surface area contributed by atoms with Crippen LogP contribution in [0.15, 0.2) is 20.9 Å². The van der Waals surface area contributed by atoms with Gasteiger partial charge in [0.1, 0.15) is 0 Å². The second-order valence-corrected chi connectivity index (χ2v) is 7.90. The molecule has 0 aromatic carbocycles. The van der Waals surface area contributed by atoms with Gasteiger partial charge < -0.3 is 10.6 Å². The van der Waals surface area contributed by atoms with Crippen LogP contribution in [-0.4, -0.2) is 23.4 Å². The van der Waals surface area contributed by atoms with Crippen molar-refractivity contribution in [2.24, 2.45) is 10.7 Å². The number of hydrogen-bond donors (Lipinski definition) is 1. The number of guanidine groups is 1. The van der Waals surface area contributed by atoms with E-state index in [0.29, 0.717) is 12.1 Å². The molecule has 1 aliphatic heterocycles. The second kappa shape index (κ2) is 5.83. The second-order valence-electron chi connectivity index (χ2n) is 5.41. The van der Waals surface area contributed by atoms with Crippen LogP contribution >= 0.6 is 27.3 Å². The van der Waals surface area contributed by atoms with Crippen LogP contribution in [0.2, 0.25) is 0 Å². The molecule has 0 radical (unpaired) electrons. The summed E-state index contributed by atoms with van der Waals surface area (Å²) in [6.07, 6.45) is 7.93. The number of nitrogens with two attached hydrogens (primary N) is 1. The molecule has 104 valence electrons. The summed E-state index contributed by atoms with van der Waals surface area (Å²) in [4.78, 5) is 8.27. The highest BCUT2D eigenvalue weighted by Gasteiger charge is 2.34. The molecule has 5 heteroatoms. The fraction of sp³-hybridized carbons (Fsp3) is 0.643. The van der Waals surface area contributed by atoms with Crippen molar-refractivity contribution < 1.29 is 0 Å². The Morgan fingerprint density at radius 3 is 2.58 bits per heavy atom. The van der Waals surface area contributed by atoms with Crippen molar-refractivity contribution in [1.29, 1.82) is 0 Å². The van der Waals surface area contributed by atoms with Crippen LogP contribution < -0.4 is 5.73 Å². The van der Waals surface area contributed by atoms with Crippen LogP contribution in [0.4, 0.5) is 0 Å². The van der Waals surface area contributed by atoms with Gasteiger partial charge in [0.05, 0.1) is 16.4 Å². The molecule has 0 saturated heterocycles. The minimum Gasteiger partial charge on any atom is -0.370 e. The lowest BCUT2D eigenvalue weighted by atomic mass is 10.0. The minimum atomic E-state index is 0.361. The molecule has 2 N–H and O–H groups in total. The van der Waals surface area contributed by atoms with Crippen molar-refractivity contribution in [3.05, 3.63) is 20.8 Å². The Morgan fingerprint density at radius 2 is 1.95 bits per heavy atom. The molecule has 0 bridgehead atoms. The van der Waals surface area contributed by atoms with E-state index < -0.39 is 0 Å². The predicted octanol–water partition coefficient (Wildman–Crippen LogP) is 3.90. The maximum atomic E-state index is 6.16. The van der Waals surface area contributed by atoms with E-state index in [4.69, 9.17) is 5.73 Å². The summed E-state index contributed by atoms with van der Waals surface area (Å²) in [5.41, 5.74) is 6.16. The molecule has 1 fully saturated rings. The molecule has 2 aliphatic rings. The first-order chi connectivity index (χ1) is 9.25. The molecule has 1 aromatic rings. The van der Waals surface area contributed by atoms with Crippen molar-refractivity contribution in [3.8, 4) is 0 Å². The first kappa shape index (κ1) is 13.4. The molecule has 2 heterocycles. The topological polar surface area (TPSA) is 41.6 Å². The Labute approximate surface area is 127 Å². The van der Waals surface area contributed by atoms with E-state index in [2.05, 4.69) is 38.0 Å². The number of nitrogens with zero attached hydrogens (tertiary/aromatic N) is 2. The van der Waals surface area contributed by atoms with E-state index >= 15 is 0 Å². The van der Waals surface area contributed by atoms with Gasteiger partial charge in [0.25, 0.3) is 0 Å². The quantitative estimate of drug-likeness (QED) is 0.828. The molecule has 1 aliphatic carbocycles. The van der Waals surface area contributed by atoms with Gasteiger partial charge in [-0.15, -0.1) is 11.3 Å². The first-order valence-electron chi connectivity index (χ1n) is 7.09. The van der Waals surface area contributed by atoms with Gasteiger partial charge in [-0.25, -0.2) is 0 Å². The van der Waals surface area contributed by atoms with E-state index in [0.717, 1.165) is 12.5 Å². The van der Waals surface area contributed by atoms with E-state index in [1.165, 1.54) is 47.2 Å². The van der Waals surface area contributed by atoms with E-state index in [-0.39, 0.29) is 0 Å². The Balaban J connectivity index is 1.81. The fourth-order valence-electron chi connectivity index (χ4n) is 3.22. The Bertz CT molecular complexity index is 463. The third-order valence-electron chi connectivity index (χ3n) is 4.17. The van der Waals surface area contributed by atoms with Crippen molar-refractivity contribution in [1.82, 2.24) is 4.90 Å². The van der Waals surface area contributed by atoms with Gasteiger partial charge in [-0.05, 0) is 40.9 Å². The number of rotatable bonds is 2. The highest BCUT2D eigenvalue weighted by atomic mass is 79.9. The van der Waals surface area contributed by atoms with E-state index in [1.807, 2.05) is 0 Å². The van der Waals surface area contributed by atoms with Gasteiger partial charge in [0.15, 0.2) is 5.96 Å². The molecule has 1 unspecified atom stereocenters. The lowest BCUT2D eigenvalue weighted by molar-refractivity contribution is 0.240. The highest BCUT2D eigenvalue weighted by molar-refractivity contribution is 9.11. The maximum absolute atomic E-state index is 6.16. The third kappa shape index (κ3) is 2.82. The largest absolute Gasteiger partial charge is 0.370 e. The molecule has 1 aromatic heterocycles. The van der Waals surface area contributed by atoms with Crippen molar-refractivity contribution in [3.63, 3.8) is 0 Å². The van der Waals surface area contributed by atoms with Crippen molar-refractivity contribution in [2.45, 2.75) is 50.6 Å². The summed E-state index contributed by atoms with van der Waals surface area (Å²) < 4.78 is 1.19. The number of halogens is 1. The average Bonchev–Trinajstić information content (AvgIpc) is 2.87. The summed E-state index contributed by atoms with van der Waals surface area (Å²) >= 11 is 5.36. The first-order valence-corrected chi connectivity index (χ1v) is 8.70. The van der Waals surface area contributed by atoms with Crippen LogP contribution in [-0.2, 0) is 0 Å².